The van der Waals surface area contributed by atoms with Crippen LogP contribution in [0.25, 0.3) is 0 Å². The molecule has 0 saturated carbocycles. The van der Waals surface area contributed by atoms with Gasteiger partial charge in [0.25, 0.3) is 5.69 Å². The van der Waals surface area contributed by atoms with E-state index in [-0.39, 0.29) is 23.9 Å². The predicted molar refractivity (Wildman–Crippen MR) is 88.9 cm³/mol. The molecule has 1 heterocycles. The summed E-state index contributed by atoms with van der Waals surface area (Å²) >= 11 is 0. The number of non-ortho nitro benzene ring substituents is 1. The zero-order valence-electron chi connectivity index (χ0n) is 12.9. The van der Waals surface area contributed by atoms with Gasteiger partial charge in [-0.05, 0) is 23.8 Å². The van der Waals surface area contributed by atoms with Crippen molar-refractivity contribution < 1.29 is 14.5 Å². The van der Waals surface area contributed by atoms with E-state index in [0.29, 0.717) is 11.4 Å². The fourth-order valence-electron chi connectivity index (χ4n) is 2.79. The van der Waals surface area contributed by atoms with Crippen LogP contribution in [0.5, 0.6) is 0 Å². The summed E-state index contributed by atoms with van der Waals surface area (Å²) in [6, 6.07) is 12.9. The minimum absolute atomic E-state index is 0.0398. The van der Waals surface area contributed by atoms with Gasteiger partial charge in [0, 0.05) is 37.0 Å². The van der Waals surface area contributed by atoms with E-state index in [1.165, 1.54) is 29.2 Å². The van der Waals surface area contributed by atoms with Crippen molar-refractivity contribution in [1.82, 2.24) is 0 Å². The highest BCUT2D eigenvalue weighted by atomic mass is 16.6. The maximum atomic E-state index is 12.8. The maximum absolute atomic E-state index is 12.8. The van der Waals surface area contributed by atoms with Crippen LogP contribution in [0.1, 0.15) is 17.9 Å². The van der Waals surface area contributed by atoms with Gasteiger partial charge in [0.1, 0.15) is 0 Å². The number of benzene rings is 2. The Hall–Kier alpha value is -3.22. The average molecular weight is 325 g/mol. The standard InChI is InChI=1S/C17H15N3O4/c1-19(11-6-8-12(9-7-11)20(23)24)17(22)14-10-16(21)18-15-5-3-2-4-13(14)15/h2-9,14H,10H2,1H3,(H,18,21)/t14-/m1/s1. The molecule has 0 unspecified atom stereocenters. The van der Waals surface area contributed by atoms with Gasteiger partial charge >= 0.3 is 0 Å². The molecule has 1 N–H and O–H groups in total. The van der Waals surface area contributed by atoms with Crippen LogP contribution in [0.15, 0.2) is 48.5 Å². The van der Waals surface area contributed by atoms with Crippen molar-refractivity contribution in [3.63, 3.8) is 0 Å². The number of para-hydroxylation sites is 1. The van der Waals surface area contributed by atoms with Crippen LogP contribution in [0, 0.1) is 10.1 Å². The molecule has 24 heavy (non-hydrogen) atoms. The van der Waals surface area contributed by atoms with Gasteiger partial charge in [-0.25, -0.2) is 0 Å². The second-order valence-corrected chi connectivity index (χ2v) is 5.56. The van der Waals surface area contributed by atoms with Gasteiger partial charge in [-0.3, -0.25) is 19.7 Å². The van der Waals surface area contributed by atoms with Crippen molar-refractivity contribution in [2.75, 3.05) is 17.3 Å². The van der Waals surface area contributed by atoms with Crippen molar-refractivity contribution in [3.8, 4) is 0 Å². The van der Waals surface area contributed by atoms with Gasteiger partial charge < -0.3 is 10.2 Å². The quantitative estimate of drug-likeness (QED) is 0.693. The number of amides is 2. The molecule has 7 nitrogen and oxygen atoms in total. The highest BCUT2D eigenvalue weighted by molar-refractivity contribution is 6.05. The molecule has 0 spiro atoms. The molecule has 3 rings (SSSR count). The zero-order valence-corrected chi connectivity index (χ0v) is 12.9. The van der Waals surface area contributed by atoms with E-state index in [2.05, 4.69) is 5.32 Å². The number of nitro benzene ring substituents is 1. The van der Waals surface area contributed by atoms with Crippen molar-refractivity contribution >= 4 is 28.9 Å². The molecule has 1 aliphatic rings. The summed E-state index contributed by atoms with van der Waals surface area (Å²) in [6.45, 7) is 0. The Kier molecular flexibility index (Phi) is 3.99. The van der Waals surface area contributed by atoms with Gasteiger partial charge in [-0.15, -0.1) is 0 Å². The second-order valence-electron chi connectivity index (χ2n) is 5.56. The van der Waals surface area contributed by atoms with E-state index in [1.54, 1.807) is 19.2 Å². The monoisotopic (exact) mass is 325 g/mol. The van der Waals surface area contributed by atoms with Crippen molar-refractivity contribution in [2.45, 2.75) is 12.3 Å². The van der Waals surface area contributed by atoms with Crippen molar-refractivity contribution in [3.05, 3.63) is 64.2 Å². The lowest BCUT2D eigenvalue weighted by Crippen LogP contribution is -2.36. The minimum Gasteiger partial charge on any atom is -0.326 e. The Morgan fingerprint density at radius 3 is 2.54 bits per heavy atom. The highest BCUT2D eigenvalue weighted by Gasteiger charge is 2.32. The van der Waals surface area contributed by atoms with Crippen LogP contribution >= 0.6 is 0 Å². The number of hydrogen-bond donors (Lipinski definition) is 1. The lowest BCUT2D eigenvalue weighted by molar-refractivity contribution is -0.384. The summed E-state index contributed by atoms with van der Waals surface area (Å²) in [6.07, 6.45) is 0.0766. The molecule has 2 aromatic carbocycles. The molecule has 0 bridgehead atoms. The largest absolute Gasteiger partial charge is 0.326 e. The molecular formula is C17H15N3O4. The minimum atomic E-state index is -0.574. The number of rotatable bonds is 3. The van der Waals surface area contributed by atoms with E-state index in [0.717, 1.165) is 5.56 Å². The molecule has 0 fully saturated rings. The molecule has 0 radical (unpaired) electrons. The van der Waals surface area contributed by atoms with Crippen LogP contribution in [0.2, 0.25) is 0 Å². The molecule has 1 atom stereocenters. The molecule has 122 valence electrons. The highest BCUT2D eigenvalue weighted by Crippen LogP contribution is 2.34. The summed E-state index contributed by atoms with van der Waals surface area (Å²) < 4.78 is 0. The van der Waals surface area contributed by atoms with Gasteiger partial charge in [-0.2, -0.15) is 0 Å². The molecule has 2 amide bonds. The molecule has 7 heteroatoms. The molecule has 2 aromatic rings. The van der Waals surface area contributed by atoms with E-state index in [9.17, 15) is 19.7 Å². The average Bonchev–Trinajstić information content (AvgIpc) is 2.59. The molecular weight excluding hydrogens is 310 g/mol. The summed E-state index contributed by atoms with van der Waals surface area (Å²) in [7, 11) is 1.60. The Morgan fingerprint density at radius 1 is 1.21 bits per heavy atom. The first kappa shape index (κ1) is 15.7. The van der Waals surface area contributed by atoms with E-state index >= 15 is 0 Å². The Morgan fingerprint density at radius 2 is 1.88 bits per heavy atom. The van der Waals surface area contributed by atoms with Crippen molar-refractivity contribution in [2.24, 2.45) is 0 Å². The van der Waals surface area contributed by atoms with E-state index in [1.807, 2.05) is 12.1 Å². The molecule has 0 aliphatic carbocycles. The molecule has 0 saturated heterocycles. The number of nitrogens with one attached hydrogen (secondary N) is 1. The number of nitro groups is 1. The van der Waals surface area contributed by atoms with E-state index < -0.39 is 10.8 Å². The number of carbonyl (C=O) groups excluding carboxylic acids is 2. The van der Waals surface area contributed by atoms with Crippen LogP contribution in [-0.4, -0.2) is 23.8 Å². The van der Waals surface area contributed by atoms with Crippen LogP contribution in [0.3, 0.4) is 0 Å². The summed E-state index contributed by atoms with van der Waals surface area (Å²) in [5, 5.41) is 13.5. The lowest BCUT2D eigenvalue weighted by Gasteiger charge is -2.28. The SMILES string of the molecule is CN(C(=O)[C@@H]1CC(=O)Nc2ccccc21)c1ccc([N+](=O)[O-])cc1. The third kappa shape index (κ3) is 2.83. The first-order valence-electron chi connectivity index (χ1n) is 7.38. The first-order chi connectivity index (χ1) is 11.5. The number of hydrogen-bond acceptors (Lipinski definition) is 4. The number of anilines is 2. The van der Waals surface area contributed by atoms with Crippen LogP contribution < -0.4 is 10.2 Å². The number of carbonyl (C=O) groups is 2. The summed E-state index contributed by atoms with van der Waals surface area (Å²) in [5.74, 6) is -1.01. The predicted octanol–water partition coefficient (Wildman–Crippen LogP) is 2.68. The second kappa shape index (κ2) is 6.11. The Balaban J connectivity index is 1.88. The molecule has 1 aliphatic heterocycles. The van der Waals surface area contributed by atoms with Gasteiger partial charge in [0.05, 0.1) is 10.8 Å². The summed E-state index contributed by atoms with van der Waals surface area (Å²) in [5.41, 5.74) is 1.91. The van der Waals surface area contributed by atoms with Crippen LogP contribution in [0.4, 0.5) is 17.1 Å². The smallest absolute Gasteiger partial charge is 0.269 e. The fourth-order valence-corrected chi connectivity index (χ4v) is 2.79. The van der Waals surface area contributed by atoms with Crippen molar-refractivity contribution in [1.29, 1.82) is 0 Å². The van der Waals surface area contributed by atoms with Gasteiger partial charge in [0.2, 0.25) is 11.8 Å². The van der Waals surface area contributed by atoms with Gasteiger partial charge in [0.15, 0.2) is 0 Å². The topological polar surface area (TPSA) is 92.6 Å². The number of likely N-dealkylation sites (N-methyl/N-ethyl adjacent to an activating group) is 1. The van der Waals surface area contributed by atoms with Crippen LogP contribution in [-0.2, 0) is 9.59 Å². The Bertz CT molecular complexity index is 817. The first-order valence-corrected chi connectivity index (χ1v) is 7.38. The fraction of sp³-hybridized carbons (Fsp3) is 0.176. The third-order valence-corrected chi connectivity index (χ3v) is 4.08. The number of nitrogens with zero attached hydrogens (tertiary/aromatic N) is 2. The summed E-state index contributed by atoms with van der Waals surface area (Å²) in [4.78, 5) is 36.3. The maximum Gasteiger partial charge on any atom is 0.269 e. The normalized spacial score (nSPS) is 16.0. The molecule has 0 aromatic heterocycles. The third-order valence-electron chi connectivity index (χ3n) is 4.08. The Labute approximate surface area is 138 Å². The van der Waals surface area contributed by atoms with E-state index in [4.69, 9.17) is 0 Å². The van der Waals surface area contributed by atoms with Gasteiger partial charge in [-0.1, -0.05) is 18.2 Å². The lowest BCUT2D eigenvalue weighted by atomic mass is 9.89. The number of fused-ring (bicyclic) bond motifs is 1. The zero-order chi connectivity index (χ0) is 17.3.